The van der Waals surface area contributed by atoms with Gasteiger partial charge in [0, 0.05) is 36.0 Å². The van der Waals surface area contributed by atoms with E-state index in [2.05, 4.69) is 55.7 Å². The summed E-state index contributed by atoms with van der Waals surface area (Å²) in [5.41, 5.74) is 1.24. The number of halogens is 1. The Kier molecular flexibility index (Phi) is 7.12. The molecule has 0 aliphatic heterocycles. The maximum Gasteiger partial charge on any atom is 0.174 e. The summed E-state index contributed by atoms with van der Waals surface area (Å²) in [5, 5.41) is 3.34. The summed E-state index contributed by atoms with van der Waals surface area (Å²) in [5.74, 6) is 0.914. The molecular formula is C14H18BrN3OS2. The zero-order valence-electron chi connectivity index (χ0n) is 12.1. The first-order valence-corrected chi connectivity index (χ1v) is 9.09. The smallest absolute Gasteiger partial charge is 0.174 e. The average molecular weight is 388 g/mol. The first kappa shape index (κ1) is 16.9. The van der Waals surface area contributed by atoms with Gasteiger partial charge in [-0.25, -0.2) is 4.98 Å². The highest BCUT2D eigenvalue weighted by atomic mass is 79.9. The van der Waals surface area contributed by atoms with E-state index in [0.717, 1.165) is 45.6 Å². The van der Waals surface area contributed by atoms with Crippen molar-refractivity contribution in [2.24, 2.45) is 0 Å². The second kappa shape index (κ2) is 8.85. The van der Waals surface area contributed by atoms with Crippen molar-refractivity contribution in [3.05, 3.63) is 34.1 Å². The number of hydrogen-bond donors (Lipinski definition) is 1. The van der Waals surface area contributed by atoms with Crippen molar-refractivity contribution in [1.82, 2.24) is 14.7 Å². The molecule has 2 aromatic rings. The molecule has 0 aliphatic carbocycles. The summed E-state index contributed by atoms with van der Waals surface area (Å²) in [4.78, 5) is 5.64. The van der Waals surface area contributed by atoms with Gasteiger partial charge in [-0.2, -0.15) is 4.37 Å². The van der Waals surface area contributed by atoms with Gasteiger partial charge in [0.25, 0.3) is 0 Å². The minimum atomic E-state index is 0.728. The van der Waals surface area contributed by atoms with Crippen LogP contribution in [-0.2, 0) is 17.7 Å². The van der Waals surface area contributed by atoms with Crippen molar-refractivity contribution in [1.29, 1.82) is 0 Å². The Labute approximate surface area is 142 Å². The van der Waals surface area contributed by atoms with Gasteiger partial charge in [0.2, 0.25) is 0 Å². The van der Waals surface area contributed by atoms with Crippen LogP contribution in [0.3, 0.4) is 0 Å². The van der Waals surface area contributed by atoms with Gasteiger partial charge in [-0.05, 0) is 45.2 Å². The fourth-order valence-corrected chi connectivity index (χ4v) is 3.99. The lowest BCUT2D eigenvalue weighted by Gasteiger charge is -2.07. The van der Waals surface area contributed by atoms with Gasteiger partial charge in [-0.3, -0.25) is 0 Å². The van der Waals surface area contributed by atoms with E-state index in [0.29, 0.717) is 0 Å². The quantitative estimate of drug-likeness (QED) is 0.698. The van der Waals surface area contributed by atoms with E-state index < -0.39 is 0 Å². The Bertz CT molecular complexity index is 577. The molecule has 2 rings (SSSR count). The molecule has 1 heterocycles. The van der Waals surface area contributed by atoms with Gasteiger partial charge in [-0.1, -0.05) is 24.8 Å². The summed E-state index contributed by atoms with van der Waals surface area (Å²) in [6.07, 6.45) is 0.879. The zero-order chi connectivity index (χ0) is 15.1. The lowest BCUT2D eigenvalue weighted by molar-refractivity contribution is 0.199. The fourth-order valence-electron chi connectivity index (χ4n) is 1.66. The standard InChI is InChI=1S/C14H18BrN3OS2/c1-3-13-17-14(21-18-13)20-12-5-4-10(8-11(12)15)9-16-6-7-19-2/h4-5,8,16H,3,6-7,9H2,1-2H3. The number of hydrogen-bond acceptors (Lipinski definition) is 6. The van der Waals surface area contributed by atoms with Gasteiger partial charge in [0.1, 0.15) is 5.82 Å². The van der Waals surface area contributed by atoms with Crippen LogP contribution >= 0.6 is 39.2 Å². The van der Waals surface area contributed by atoms with E-state index in [1.807, 2.05) is 0 Å². The Morgan fingerprint density at radius 1 is 1.43 bits per heavy atom. The van der Waals surface area contributed by atoms with Crippen LogP contribution in [0, 0.1) is 0 Å². The lowest BCUT2D eigenvalue weighted by atomic mass is 10.2. The van der Waals surface area contributed by atoms with Crippen LogP contribution in [0.15, 0.2) is 31.9 Å². The van der Waals surface area contributed by atoms with Crippen LogP contribution < -0.4 is 5.32 Å². The van der Waals surface area contributed by atoms with E-state index in [-0.39, 0.29) is 0 Å². The van der Waals surface area contributed by atoms with Crippen molar-refractivity contribution < 1.29 is 4.74 Å². The van der Waals surface area contributed by atoms with Gasteiger partial charge in [0.15, 0.2) is 4.34 Å². The molecule has 21 heavy (non-hydrogen) atoms. The highest BCUT2D eigenvalue weighted by Gasteiger charge is 2.08. The van der Waals surface area contributed by atoms with Crippen molar-refractivity contribution in [3.63, 3.8) is 0 Å². The topological polar surface area (TPSA) is 47.0 Å². The normalized spacial score (nSPS) is 11.0. The fraction of sp³-hybridized carbons (Fsp3) is 0.429. The SMILES string of the molecule is CCc1nsc(Sc2ccc(CNCCOC)cc2Br)n1. The molecule has 1 aromatic heterocycles. The van der Waals surface area contributed by atoms with Gasteiger partial charge >= 0.3 is 0 Å². The molecule has 0 aliphatic rings. The molecule has 1 aromatic carbocycles. The number of ether oxygens (including phenoxy) is 1. The van der Waals surface area contributed by atoms with Crippen LogP contribution in [0.4, 0.5) is 0 Å². The molecule has 0 spiro atoms. The van der Waals surface area contributed by atoms with Gasteiger partial charge in [-0.15, -0.1) is 0 Å². The summed E-state index contributed by atoms with van der Waals surface area (Å²) >= 11 is 6.74. The summed E-state index contributed by atoms with van der Waals surface area (Å²) in [6, 6.07) is 6.40. The zero-order valence-corrected chi connectivity index (χ0v) is 15.3. The van der Waals surface area contributed by atoms with E-state index in [1.54, 1.807) is 18.9 Å². The average Bonchev–Trinajstić information content (AvgIpc) is 2.94. The Morgan fingerprint density at radius 2 is 2.29 bits per heavy atom. The second-order valence-corrected chi connectivity index (χ2v) is 7.26. The molecule has 4 nitrogen and oxygen atoms in total. The molecule has 7 heteroatoms. The highest BCUT2D eigenvalue weighted by Crippen LogP contribution is 2.34. The molecule has 0 radical (unpaired) electrons. The number of benzene rings is 1. The van der Waals surface area contributed by atoms with Gasteiger partial charge < -0.3 is 10.1 Å². The molecule has 0 unspecified atom stereocenters. The minimum Gasteiger partial charge on any atom is -0.383 e. The maximum atomic E-state index is 5.01. The summed E-state index contributed by atoms with van der Waals surface area (Å²) in [6.45, 7) is 4.49. The maximum absolute atomic E-state index is 5.01. The second-order valence-electron chi connectivity index (χ2n) is 4.37. The molecule has 0 saturated heterocycles. The summed E-state index contributed by atoms with van der Waals surface area (Å²) < 4.78 is 11.4. The van der Waals surface area contributed by atoms with Crippen LogP contribution in [0.5, 0.6) is 0 Å². The van der Waals surface area contributed by atoms with Crippen LogP contribution in [0.25, 0.3) is 0 Å². The first-order chi connectivity index (χ1) is 10.2. The number of rotatable bonds is 8. The molecule has 1 N–H and O–H groups in total. The molecule has 0 atom stereocenters. The van der Waals surface area contributed by atoms with E-state index in [9.17, 15) is 0 Å². The third kappa shape index (κ3) is 5.34. The number of methoxy groups -OCH3 is 1. The number of aromatic nitrogens is 2. The van der Waals surface area contributed by atoms with E-state index in [1.165, 1.54) is 17.1 Å². The Balaban J connectivity index is 1.95. The van der Waals surface area contributed by atoms with Crippen molar-refractivity contribution in [2.45, 2.75) is 29.1 Å². The highest BCUT2D eigenvalue weighted by molar-refractivity contribution is 9.10. The third-order valence-corrected chi connectivity index (χ3v) is 5.55. The summed E-state index contributed by atoms with van der Waals surface area (Å²) in [7, 11) is 1.71. The van der Waals surface area contributed by atoms with Gasteiger partial charge in [0.05, 0.1) is 6.61 Å². The largest absolute Gasteiger partial charge is 0.383 e. The predicted octanol–water partition coefficient (Wildman–Crippen LogP) is 3.75. The van der Waals surface area contributed by atoms with Crippen LogP contribution in [-0.4, -0.2) is 29.6 Å². The van der Waals surface area contributed by atoms with Crippen molar-refractivity contribution in [3.8, 4) is 0 Å². The monoisotopic (exact) mass is 387 g/mol. The molecule has 0 saturated carbocycles. The molecule has 0 bridgehead atoms. The van der Waals surface area contributed by atoms with Crippen molar-refractivity contribution >= 4 is 39.2 Å². The lowest BCUT2D eigenvalue weighted by Crippen LogP contribution is -2.18. The van der Waals surface area contributed by atoms with Crippen LogP contribution in [0.1, 0.15) is 18.3 Å². The molecule has 114 valence electrons. The Hall–Kier alpha value is -0.470. The predicted molar refractivity (Wildman–Crippen MR) is 91.1 cm³/mol. The number of nitrogens with zero attached hydrogens (tertiary/aromatic N) is 2. The third-order valence-electron chi connectivity index (χ3n) is 2.77. The molecular weight excluding hydrogens is 370 g/mol. The van der Waals surface area contributed by atoms with Crippen molar-refractivity contribution in [2.75, 3.05) is 20.3 Å². The Morgan fingerprint density at radius 3 is 2.95 bits per heavy atom. The van der Waals surface area contributed by atoms with E-state index >= 15 is 0 Å². The molecule has 0 amide bonds. The van der Waals surface area contributed by atoms with E-state index in [4.69, 9.17) is 4.74 Å². The molecule has 0 fully saturated rings. The first-order valence-electron chi connectivity index (χ1n) is 6.71. The number of aryl methyl sites for hydroxylation is 1. The minimum absolute atomic E-state index is 0.728. The van der Waals surface area contributed by atoms with Crippen LogP contribution in [0.2, 0.25) is 0 Å². The number of nitrogens with one attached hydrogen (secondary N) is 1.